The van der Waals surface area contributed by atoms with E-state index in [2.05, 4.69) is 15.2 Å². The number of halogens is 1. The molecule has 1 aliphatic rings. The van der Waals surface area contributed by atoms with Crippen LogP contribution in [0.1, 0.15) is 5.56 Å². The maximum Gasteiger partial charge on any atom is 0.141 e. The van der Waals surface area contributed by atoms with Crippen LogP contribution in [-0.4, -0.2) is 40.8 Å². The van der Waals surface area contributed by atoms with Crippen molar-refractivity contribution in [3.63, 3.8) is 0 Å². The standard InChI is InChI=1S/C11H16FN3OS/c1-13-7-9-6-10(12)8-14-11(9)15-2-4-17(16)5-3-15/h6,8,13H,2-5,7H2,1H3. The quantitative estimate of drug-likeness (QED) is 0.857. The summed E-state index contributed by atoms with van der Waals surface area (Å²) >= 11 is 0. The zero-order valence-corrected chi connectivity index (χ0v) is 10.6. The molecule has 17 heavy (non-hydrogen) atoms. The van der Waals surface area contributed by atoms with Gasteiger partial charge in [-0.25, -0.2) is 9.37 Å². The van der Waals surface area contributed by atoms with Crippen LogP contribution in [0, 0.1) is 5.82 Å². The lowest BCUT2D eigenvalue weighted by molar-refractivity contribution is 0.614. The molecule has 94 valence electrons. The Morgan fingerprint density at radius 3 is 2.88 bits per heavy atom. The van der Waals surface area contributed by atoms with Crippen molar-refractivity contribution in [1.82, 2.24) is 10.3 Å². The zero-order chi connectivity index (χ0) is 12.3. The Bertz CT molecular complexity index is 417. The van der Waals surface area contributed by atoms with E-state index in [4.69, 9.17) is 0 Å². The van der Waals surface area contributed by atoms with Gasteiger partial charge in [-0.1, -0.05) is 0 Å². The van der Waals surface area contributed by atoms with Gasteiger partial charge in [0, 0.05) is 47.5 Å². The number of rotatable bonds is 3. The van der Waals surface area contributed by atoms with Crippen LogP contribution in [-0.2, 0) is 17.3 Å². The molecule has 0 bridgehead atoms. The smallest absolute Gasteiger partial charge is 0.141 e. The summed E-state index contributed by atoms with van der Waals surface area (Å²) in [6.07, 6.45) is 1.24. The van der Waals surface area contributed by atoms with Crippen LogP contribution < -0.4 is 10.2 Å². The lowest BCUT2D eigenvalue weighted by Gasteiger charge is -2.29. The number of aromatic nitrogens is 1. The van der Waals surface area contributed by atoms with Crippen LogP contribution in [0.3, 0.4) is 0 Å². The average molecular weight is 257 g/mol. The first kappa shape index (κ1) is 12.4. The molecule has 1 fully saturated rings. The molecular weight excluding hydrogens is 241 g/mol. The molecule has 1 N–H and O–H groups in total. The predicted octanol–water partition coefficient (Wildman–Crippen LogP) is 0.509. The molecule has 0 saturated carbocycles. The van der Waals surface area contributed by atoms with Gasteiger partial charge in [0.05, 0.1) is 6.20 Å². The van der Waals surface area contributed by atoms with Crippen LogP contribution in [0.4, 0.5) is 10.2 Å². The summed E-state index contributed by atoms with van der Waals surface area (Å²) in [4.78, 5) is 6.23. The fourth-order valence-electron chi connectivity index (χ4n) is 1.93. The van der Waals surface area contributed by atoms with Crippen LogP contribution in [0.25, 0.3) is 0 Å². The maximum atomic E-state index is 13.1. The van der Waals surface area contributed by atoms with Gasteiger partial charge in [-0.2, -0.15) is 0 Å². The summed E-state index contributed by atoms with van der Waals surface area (Å²) in [6, 6.07) is 1.50. The molecule has 1 aliphatic heterocycles. The third-order valence-electron chi connectivity index (χ3n) is 2.75. The molecule has 1 aromatic heterocycles. The molecular formula is C11H16FN3OS. The minimum Gasteiger partial charge on any atom is -0.355 e. The SMILES string of the molecule is CNCc1cc(F)cnc1N1CCS(=O)CC1. The van der Waals surface area contributed by atoms with Gasteiger partial charge in [0.15, 0.2) is 0 Å². The highest BCUT2D eigenvalue weighted by molar-refractivity contribution is 7.85. The number of hydrogen-bond acceptors (Lipinski definition) is 4. The van der Waals surface area contributed by atoms with Crippen molar-refractivity contribution in [2.75, 3.05) is 36.5 Å². The van der Waals surface area contributed by atoms with Crippen LogP contribution in [0.5, 0.6) is 0 Å². The van der Waals surface area contributed by atoms with E-state index in [-0.39, 0.29) is 5.82 Å². The van der Waals surface area contributed by atoms with Crippen molar-refractivity contribution in [2.24, 2.45) is 0 Å². The number of nitrogens with one attached hydrogen (secondary N) is 1. The molecule has 0 spiro atoms. The Morgan fingerprint density at radius 1 is 1.53 bits per heavy atom. The van der Waals surface area contributed by atoms with Crippen LogP contribution in [0.2, 0.25) is 0 Å². The lowest BCUT2D eigenvalue weighted by atomic mass is 10.2. The molecule has 2 heterocycles. The molecule has 0 radical (unpaired) electrons. The molecule has 1 saturated heterocycles. The number of hydrogen-bond donors (Lipinski definition) is 1. The van der Waals surface area contributed by atoms with Crippen molar-refractivity contribution in [1.29, 1.82) is 0 Å². The summed E-state index contributed by atoms with van der Waals surface area (Å²) in [6.45, 7) is 2.03. The van der Waals surface area contributed by atoms with E-state index < -0.39 is 10.8 Å². The summed E-state index contributed by atoms with van der Waals surface area (Å²) in [7, 11) is 1.11. The first-order valence-corrected chi connectivity index (χ1v) is 7.08. The van der Waals surface area contributed by atoms with E-state index in [1.165, 1.54) is 12.3 Å². The first-order chi connectivity index (χ1) is 8.20. The van der Waals surface area contributed by atoms with E-state index in [1.807, 2.05) is 7.05 Å². The molecule has 0 aromatic carbocycles. The van der Waals surface area contributed by atoms with E-state index in [9.17, 15) is 8.60 Å². The van der Waals surface area contributed by atoms with Gasteiger partial charge in [-0.05, 0) is 13.1 Å². The Morgan fingerprint density at radius 2 is 2.24 bits per heavy atom. The van der Waals surface area contributed by atoms with Crippen LogP contribution >= 0.6 is 0 Å². The molecule has 4 nitrogen and oxygen atoms in total. The molecule has 0 atom stereocenters. The van der Waals surface area contributed by atoms with Gasteiger partial charge >= 0.3 is 0 Å². The third-order valence-corrected chi connectivity index (χ3v) is 4.03. The second-order valence-corrected chi connectivity index (χ2v) is 5.70. The van der Waals surface area contributed by atoms with Gasteiger partial charge < -0.3 is 10.2 Å². The number of pyridine rings is 1. The number of nitrogens with zero attached hydrogens (tertiary/aromatic N) is 2. The minimum absolute atomic E-state index is 0.320. The fourth-order valence-corrected chi connectivity index (χ4v) is 2.98. The Kier molecular flexibility index (Phi) is 4.06. The third kappa shape index (κ3) is 3.01. The Hall–Kier alpha value is -1.01. The minimum atomic E-state index is -0.709. The highest BCUT2D eigenvalue weighted by Crippen LogP contribution is 2.19. The van der Waals surface area contributed by atoms with Crippen molar-refractivity contribution in [3.8, 4) is 0 Å². The van der Waals surface area contributed by atoms with Gasteiger partial charge in [0.2, 0.25) is 0 Å². The average Bonchev–Trinajstić information content (AvgIpc) is 2.31. The number of anilines is 1. The largest absolute Gasteiger partial charge is 0.355 e. The lowest BCUT2D eigenvalue weighted by Crippen LogP contribution is -2.39. The van der Waals surface area contributed by atoms with Crippen molar-refractivity contribution < 1.29 is 8.60 Å². The molecule has 1 aromatic rings. The molecule has 0 aliphatic carbocycles. The topological polar surface area (TPSA) is 45.2 Å². The second kappa shape index (κ2) is 5.55. The second-order valence-electron chi connectivity index (χ2n) is 4.00. The summed E-state index contributed by atoms with van der Waals surface area (Å²) < 4.78 is 24.4. The van der Waals surface area contributed by atoms with Crippen molar-refractivity contribution >= 4 is 16.6 Å². The monoisotopic (exact) mass is 257 g/mol. The van der Waals surface area contributed by atoms with Gasteiger partial charge in [0.25, 0.3) is 0 Å². The maximum absolute atomic E-state index is 13.1. The first-order valence-electron chi connectivity index (χ1n) is 5.59. The highest BCUT2D eigenvalue weighted by atomic mass is 32.2. The van der Waals surface area contributed by atoms with Crippen molar-refractivity contribution in [2.45, 2.75) is 6.54 Å². The molecule has 6 heteroatoms. The zero-order valence-electron chi connectivity index (χ0n) is 9.78. The van der Waals surface area contributed by atoms with Gasteiger partial charge in [-0.15, -0.1) is 0 Å². The summed E-state index contributed by atoms with van der Waals surface area (Å²) in [5, 5.41) is 3.01. The van der Waals surface area contributed by atoms with Gasteiger partial charge in [0.1, 0.15) is 11.6 Å². The van der Waals surface area contributed by atoms with Crippen LogP contribution in [0.15, 0.2) is 12.3 Å². The Balaban J connectivity index is 2.21. The van der Waals surface area contributed by atoms with E-state index in [1.54, 1.807) is 0 Å². The Labute approximate surface area is 103 Å². The van der Waals surface area contributed by atoms with Gasteiger partial charge in [-0.3, -0.25) is 4.21 Å². The molecule has 2 rings (SSSR count). The highest BCUT2D eigenvalue weighted by Gasteiger charge is 2.19. The summed E-state index contributed by atoms with van der Waals surface area (Å²) in [5.41, 5.74) is 0.847. The van der Waals surface area contributed by atoms with E-state index in [0.717, 1.165) is 24.5 Å². The van der Waals surface area contributed by atoms with E-state index >= 15 is 0 Å². The normalized spacial score (nSPS) is 17.4. The summed E-state index contributed by atoms with van der Waals surface area (Å²) in [5.74, 6) is 1.81. The fraction of sp³-hybridized carbons (Fsp3) is 0.545. The molecule has 0 amide bonds. The molecule has 0 unspecified atom stereocenters. The predicted molar refractivity (Wildman–Crippen MR) is 67.0 cm³/mol. The van der Waals surface area contributed by atoms with Crippen molar-refractivity contribution in [3.05, 3.63) is 23.6 Å². The van der Waals surface area contributed by atoms with E-state index in [0.29, 0.717) is 18.1 Å².